The Hall–Kier alpha value is -2.62. The SMILES string of the molecule is C=CC(=O)Oc1ccc(C=C)cc1OC(=O)C=C. The van der Waals surface area contributed by atoms with Gasteiger partial charge in [-0.05, 0) is 17.7 Å². The molecule has 1 aromatic carbocycles. The highest BCUT2D eigenvalue weighted by Gasteiger charge is 2.11. The number of hydrogen-bond acceptors (Lipinski definition) is 4. The van der Waals surface area contributed by atoms with Crippen molar-refractivity contribution in [1.82, 2.24) is 0 Å². The van der Waals surface area contributed by atoms with Gasteiger partial charge in [-0.25, -0.2) is 9.59 Å². The molecule has 92 valence electrons. The molecule has 1 rings (SSSR count). The molecule has 0 heterocycles. The second-order valence-electron chi connectivity index (χ2n) is 3.16. The van der Waals surface area contributed by atoms with Crippen molar-refractivity contribution in [1.29, 1.82) is 0 Å². The van der Waals surface area contributed by atoms with Crippen LogP contribution in [0.2, 0.25) is 0 Å². The molecule has 4 heteroatoms. The summed E-state index contributed by atoms with van der Waals surface area (Å²) in [6.07, 6.45) is 3.60. The van der Waals surface area contributed by atoms with E-state index < -0.39 is 11.9 Å². The Morgan fingerprint density at radius 3 is 2.00 bits per heavy atom. The predicted octanol–water partition coefficient (Wildman–Crippen LogP) is 2.51. The molecular formula is C14H12O4. The molecule has 0 N–H and O–H groups in total. The Labute approximate surface area is 105 Å². The van der Waals surface area contributed by atoms with Crippen LogP contribution in [-0.4, -0.2) is 11.9 Å². The van der Waals surface area contributed by atoms with Crippen LogP contribution in [0, 0.1) is 0 Å². The Morgan fingerprint density at radius 2 is 1.50 bits per heavy atom. The lowest BCUT2D eigenvalue weighted by Crippen LogP contribution is -2.08. The van der Waals surface area contributed by atoms with E-state index in [2.05, 4.69) is 19.7 Å². The lowest BCUT2D eigenvalue weighted by atomic mass is 10.2. The first-order chi connectivity index (χ1) is 8.60. The monoisotopic (exact) mass is 244 g/mol. The predicted molar refractivity (Wildman–Crippen MR) is 68.2 cm³/mol. The van der Waals surface area contributed by atoms with Gasteiger partial charge in [-0.15, -0.1) is 0 Å². The number of ether oxygens (including phenoxy) is 2. The lowest BCUT2D eigenvalue weighted by molar-refractivity contribution is -0.131. The lowest BCUT2D eigenvalue weighted by Gasteiger charge is -2.09. The van der Waals surface area contributed by atoms with Gasteiger partial charge >= 0.3 is 11.9 Å². The minimum absolute atomic E-state index is 0.118. The zero-order valence-electron chi connectivity index (χ0n) is 9.72. The van der Waals surface area contributed by atoms with Crippen molar-refractivity contribution in [3.63, 3.8) is 0 Å². The molecule has 0 unspecified atom stereocenters. The molecule has 0 radical (unpaired) electrons. The van der Waals surface area contributed by atoms with Gasteiger partial charge in [0.1, 0.15) is 0 Å². The van der Waals surface area contributed by atoms with Crippen LogP contribution in [-0.2, 0) is 9.59 Å². The van der Waals surface area contributed by atoms with Crippen LogP contribution in [0.15, 0.2) is 50.1 Å². The smallest absolute Gasteiger partial charge is 0.335 e. The van der Waals surface area contributed by atoms with Gasteiger partial charge in [0.2, 0.25) is 0 Å². The molecular weight excluding hydrogens is 232 g/mol. The summed E-state index contributed by atoms with van der Waals surface area (Å²) < 4.78 is 9.90. The van der Waals surface area contributed by atoms with Crippen molar-refractivity contribution < 1.29 is 19.1 Å². The summed E-state index contributed by atoms with van der Waals surface area (Å²) in [5, 5.41) is 0. The minimum Gasteiger partial charge on any atom is -0.419 e. The van der Waals surface area contributed by atoms with Crippen molar-refractivity contribution in [3.8, 4) is 11.5 Å². The zero-order chi connectivity index (χ0) is 13.5. The summed E-state index contributed by atoms with van der Waals surface area (Å²) in [4.78, 5) is 22.3. The van der Waals surface area contributed by atoms with Crippen LogP contribution in [0.3, 0.4) is 0 Å². The second-order valence-corrected chi connectivity index (χ2v) is 3.16. The average Bonchev–Trinajstić information content (AvgIpc) is 2.40. The molecule has 18 heavy (non-hydrogen) atoms. The number of esters is 2. The summed E-state index contributed by atoms with van der Waals surface area (Å²) in [7, 11) is 0. The topological polar surface area (TPSA) is 52.6 Å². The highest BCUT2D eigenvalue weighted by molar-refractivity contribution is 5.86. The first-order valence-electron chi connectivity index (χ1n) is 5.05. The van der Waals surface area contributed by atoms with E-state index in [0.29, 0.717) is 0 Å². The van der Waals surface area contributed by atoms with Crippen LogP contribution in [0.4, 0.5) is 0 Å². The fraction of sp³-hybridized carbons (Fsp3) is 0. The van der Waals surface area contributed by atoms with E-state index in [4.69, 9.17) is 9.47 Å². The average molecular weight is 244 g/mol. The number of carbonyl (C=O) groups excluding carboxylic acids is 2. The van der Waals surface area contributed by atoms with Crippen molar-refractivity contribution in [2.24, 2.45) is 0 Å². The van der Waals surface area contributed by atoms with Gasteiger partial charge in [-0.1, -0.05) is 31.9 Å². The molecule has 0 saturated heterocycles. The van der Waals surface area contributed by atoms with Crippen LogP contribution < -0.4 is 9.47 Å². The van der Waals surface area contributed by atoms with E-state index in [0.717, 1.165) is 17.7 Å². The fourth-order valence-electron chi connectivity index (χ4n) is 1.12. The molecule has 0 saturated carbocycles. The third kappa shape index (κ3) is 3.45. The van der Waals surface area contributed by atoms with E-state index in [9.17, 15) is 9.59 Å². The largest absolute Gasteiger partial charge is 0.419 e. The first-order valence-corrected chi connectivity index (χ1v) is 5.05. The molecule has 0 aromatic heterocycles. The molecule has 0 spiro atoms. The van der Waals surface area contributed by atoms with Gasteiger partial charge in [-0.2, -0.15) is 0 Å². The van der Waals surface area contributed by atoms with E-state index in [1.54, 1.807) is 12.1 Å². The summed E-state index contributed by atoms with van der Waals surface area (Å²) in [5.74, 6) is -1.04. The molecule has 0 aliphatic carbocycles. The van der Waals surface area contributed by atoms with Gasteiger partial charge in [0.25, 0.3) is 0 Å². The van der Waals surface area contributed by atoms with E-state index in [-0.39, 0.29) is 11.5 Å². The second kappa shape index (κ2) is 6.20. The maximum Gasteiger partial charge on any atom is 0.335 e. The Balaban J connectivity index is 3.10. The first kappa shape index (κ1) is 13.4. The van der Waals surface area contributed by atoms with Crippen molar-refractivity contribution in [2.45, 2.75) is 0 Å². The van der Waals surface area contributed by atoms with E-state index >= 15 is 0 Å². The van der Waals surface area contributed by atoms with Gasteiger partial charge < -0.3 is 9.47 Å². The van der Waals surface area contributed by atoms with Gasteiger partial charge in [0.15, 0.2) is 11.5 Å². The van der Waals surface area contributed by atoms with Gasteiger partial charge in [0, 0.05) is 12.2 Å². The summed E-state index contributed by atoms with van der Waals surface area (Å²) in [5.41, 5.74) is 0.722. The number of carbonyl (C=O) groups is 2. The third-order valence-electron chi connectivity index (χ3n) is 1.96. The quantitative estimate of drug-likeness (QED) is 0.453. The van der Waals surface area contributed by atoms with E-state index in [1.807, 2.05) is 0 Å². The van der Waals surface area contributed by atoms with Crippen LogP contribution in [0.5, 0.6) is 11.5 Å². The number of rotatable bonds is 5. The van der Waals surface area contributed by atoms with Crippen molar-refractivity contribution in [3.05, 3.63) is 55.7 Å². The van der Waals surface area contributed by atoms with Crippen molar-refractivity contribution in [2.75, 3.05) is 0 Å². The van der Waals surface area contributed by atoms with Crippen LogP contribution >= 0.6 is 0 Å². The Kier molecular flexibility index (Phi) is 4.63. The van der Waals surface area contributed by atoms with Crippen molar-refractivity contribution >= 4 is 18.0 Å². The molecule has 0 aliphatic heterocycles. The molecule has 0 amide bonds. The molecule has 0 fully saturated rings. The van der Waals surface area contributed by atoms with E-state index in [1.165, 1.54) is 12.1 Å². The highest BCUT2D eigenvalue weighted by Crippen LogP contribution is 2.29. The van der Waals surface area contributed by atoms with Gasteiger partial charge in [-0.3, -0.25) is 0 Å². The molecule has 0 bridgehead atoms. The van der Waals surface area contributed by atoms with Crippen LogP contribution in [0.25, 0.3) is 6.08 Å². The minimum atomic E-state index is -0.646. The number of hydrogen-bond donors (Lipinski definition) is 0. The summed E-state index contributed by atoms with van der Waals surface area (Å²) in [6, 6.07) is 4.70. The zero-order valence-corrected chi connectivity index (χ0v) is 9.72. The van der Waals surface area contributed by atoms with Crippen LogP contribution in [0.1, 0.15) is 5.56 Å². The Morgan fingerprint density at radius 1 is 0.944 bits per heavy atom. The number of benzene rings is 1. The normalized spacial score (nSPS) is 9.11. The maximum absolute atomic E-state index is 11.2. The molecule has 4 nitrogen and oxygen atoms in total. The standard InChI is InChI=1S/C14H12O4/c1-4-10-7-8-11(17-13(15)5-2)12(9-10)18-14(16)6-3/h4-9H,1-3H2. The maximum atomic E-state index is 11.2. The van der Waals surface area contributed by atoms with Gasteiger partial charge in [0.05, 0.1) is 0 Å². The molecule has 0 aliphatic rings. The molecule has 1 aromatic rings. The third-order valence-corrected chi connectivity index (χ3v) is 1.96. The molecule has 0 atom stereocenters. The Bertz CT molecular complexity index is 515. The summed E-state index contributed by atoms with van der Waals surface area (Å²) >= 11 is 0. The highest BCUT2D eigenvalue weighted by atomic mass is 16.6. The fourth-order valence-corrected chi connectivity index (χ4v) is 1.12. The summed E-state index contributed by atoms with van der Waals surface area (Å²) in [6.45, 7) is 10.2.